The average molecular weight is 153 g/mol. The van der Waals surface area contributed by atoms with Crippen molar-refractivity contribution < 1.29 is 0 Å². The molecule has 0 aromatic rings. The maximum atomic E-state index is 4.22. The van der Waals surface area contributed by atoms with Gasteiger partial charge in [-0.2, -0.15) is 0 Å². The molecule has 11 heavy (non-hydrogen) atoms. The quantitative estimate of drug-likeness (QED) is 0.541. The van der Waals surface area contributed by atoms with Crippen LogP contribution in [0.1, 0.15) is 34.6 Å². The summed E-state index contributed by atoms with van der Waals surface area (Å²) in [4.78, 5) is 4.22. The van der Waals surface area contributed by atoms with Crippen LogP contribution < -0.4 is 0 Å². The molecule has 0 heterocycles. The summed E-state index contributed by atoms with van der Waals surface area (Å²) in [5, 5.41) is 0. The topological polar surface area (TPSA) is 12.4 Å². The molecule has 0 saturated carbocycles. The van der Waals surface area contributed by atoms with Gasteiger partial charge in [0, 0.05) is 12.8 Å². The van der Waals surface area contributed by atoms with Crippen molar-refractivity contribution >= 4 is 6.21 Å². The Morgan fingerprint density at radius 1 is 1.36 bits per heavy atom. The first-order valence-corrected chi connectivity index (χ1v) is 4.19. The molecule has 0 spiro atoms. The lowest BCUT2D eigenvalue weighted by Crippen LogP contribution is -2.10. The van der Waals surface area contributed by atoms with Gasteiger partial charge in [0.05, 0.1) is 0 Å². The minimum absolute atomic E-state index is 0.230. The van der Waals surface area contributed by atoms with Gasteiger partial charge in [-0.05, 0) is 24.8 Å². The second-order valence-electron chi connectivity index (χ2n) is 3.62. The van der Waals surface area contributed by atoms with Gasteiger partial charge in [-0.15, -0.1) is 0 Å². The highest BCUT2D eigenvalue weighted by Gasteiger charge is 2.13. The van der Waals surface area contributed by atoms with Crippen LogP contribution in [0, 0.1) is 5.41 Å². The summed E-state index contributed by atoms with van der Waals surface area (Å²) in [6, 6.07) is 0. The molecule has 0 N–H and O–H groups in total. The van der Waals surface area contributed by atoms with E-state index in [-0.39, 0.29) is 5.41 Å². The third-order valence-corrected chi connectivity index (χ3v) is 1.59. The minimum atomic E-state index is 0.230. The van der Waals surface area contributed by atoms with Crippen molar-refractivity contribution in [2.75, 3.05) is 6.54 Å². The van der Waals surface area contributed by atoms with E-state index in [0.717, 1.165) is 6.54 Å². The molecule has 1 heteroatoms. The van der Waals surface area contributed by atoms with Crippen molar-refractivity contribution in [1.29, 1.82) is 0 Å². The van der Waals surface area contributed by atoms with Crippen molar-refractivity contribution in [2.24, 2.45) is 10.4 Å². The largest absolute Gasteiger partial charge is 0.293 e. The van der Waals surface area contributed by atoms with Crippen LogP contribution in [0.3, 0.4) is 0 Å². The minimum Gasteiger partial charge on any atom is -0.293 e. The van der Waals surface area contributed by atoms with Crippen LogP contribution in [0.4, 0.5) is 0 Å². The summed E-state index contributed by atoms with van der Waals surface area (Å²) in [5.41, 5.74) is 1.53. The van der Waals surface area contributed by atoms with Crippen LogP contribution >= 0.6 is 0 Å². The highest BCUT2D eigenvalue weighted by molar-refractivity contribution is 5.79. The Morgan fingerprint density at radius 2 is 1.91 bits per heavy atom. The average Bonchev–Trinajstić information content (AvgIpc) is 1.87. The van der Waals surface area contributed by atoms with Crippen LogP contribution in [0.5, 0.6) is 0 Å². The van der Waals surface area contributed by atoms with E-state index in [0.29, 0.717) is 0 Å². The van der Waals surface area contributed by atoms with Gasteiger partial charge < -0.3 is 0 Å². The summed E-state index contributed by atoms with van der Waals surface area (Å²) in [7, 11) is 0. The van der Waals surface area contributed by atoms with Gasteiger partial charge in [0.1, 0.15) is 0 Å². The Bertz CT molecular complexity index is 158. The van der Waals surface area contributed by atoms with Crippen molar-refractivity contribution in [1.82, 2.24) is 0 Å². The van der Waals surface area contributed by atoms with Gasteiger partial charge in [-0.3, -0.25) is 4.99 Å². The van der Waals surface area contributed by atoms with Crippen LogP contribution in [0.2, 0.25) is 0 Å². The van der Waals surface area contributed by atoms with Crippen molar-refractivity contribution in [3.05, 3.63) is 11.6 Å². The van der Waals surface area contributed by atoms with E-state index >= 15 is 0 Å². The first-order chi connectivity index (χ1) is 5.02. The second kappa shape index (κ2) is 4.32. The molecule has 0 saturated heterocycles. The van der Waals surface area contributed by atoms with Crippen LogP contribution in [0.15, 0.2) is 16.6 Å². The number of rotatable bonds is 2. The lowest BCUT2D eigenvalue weighted by Gasteiger charge is -2.18. The molecular formula is C10H19N. The van der Waals surface area contributed by atoms with Crippen LogP contribution in [-0.2, 0) is 0 Å². The zero-order chi connectivity index (χ0) is 8.91. The number of nitrogens with zero attached hydrogens (tertiary/aromatic N) is 1. The standard InChI is InChI=1S/C10H19N/c1-6-9(8-11-7-2)10(3,4)5/h6,8H,7H2,1-5H3/b9-6+,11-8?. The maximum Gasteiger partial charge on any atom is 0.0361 e. The van der Waals surface area contributed by atoms with Crippen molar-refractivity contribution in [3.63, 3.8) is 0 Å². The third kappa shape index (κ3) is 3.97. The zero-order valence-corrected chi connectivity index (χ0v) is 8.31. The van der Waals surface area contributed by atoms with Crippen LogP contribution in [0.25, 0.3) is 0 Å². The van der Waals surface area contributed by atoms with Gasteiger partial charge in [-0.1, -0.05) is 26.8 Å². The Kier molecular flexibility index (Phi) is 4.09. The Morgan fingerprint density at radius 3 is 2.18 bits per heavy atom. The molecule has 0 bridgehead atoms. The van der Waals surface area contributed by atoms with E-state index in [1.54, 1.807) is 0 Å². The molecule has 0 aliphatic rings. The summed E-state index contributed by atoms with van der Waals surface area (Å²) in [6.07, 6.45) is 4.10. The molecule has 0 aliphatic carbocycles. The zero-order valence-electron chi connectivity index (χ0n) is 8.31. The molecule has 1 nitrogen and oxygen atoms in total. The van der Waals surface area contributed by atoms with Crippen LogP contribution in [-0.4, -0.2) is 12.8 Å². The molecule has 0 atom stereocenters. The number of hydrogen-bond donors (Lipinski definition) is 0. The Balaban J connectivity index is 4.33. The third-order valence-electron chi connectivity index (χ3n) is 1.59. The first-order valence-electron chi connectivity index (χ1n) is 4.19. The van der Waals surface area contributed by atoms with Gasteiger partial charge in [-0.25, -0.2) is 0 Å². The lowest BCUT2D eigenvalue weighted by atomic mass is 9.87. The summed E-state index contributed by atoms with van der Waals surface area (Å²) >= 11 is 0. The Labute approximate surface area is 70.2 Å². The fraction of sp³-hybridized carbons (Fsp3) is 0.700. The van der Waals surface area contributed by atoms with E-state index in [9.17, 15) is 0 Å². The first kappa shape index (κ1) is 10.4. The number of hydrogen-bond acceptors (Lipinski definition) is 1. The van der Waals surface area contributed by atoms with E-state index in [1.165, 1.54) is 5.57 Å². The predicted octanol–water partition coefficient (Wildman–Crippen LogP) is 3.07. The predicted molar refractivity (Wildman–Crippen MR) is 52.2 cm³/mol. The van der Waals surface area contributed by atoms with Gasteiger partial charge >= 0.3 is 0 Å². The molecule has 0 aromatic heterocycles. The van der Waals surface area contributed by atoms with Gasteiger partial charge in [0.2, 0.25) is 0 Å². The van der Waals surface area contributed by atoms with Crippen molar-refractivity contribution in [3.8, 4) is 0 Å². The molecule has 0 aliphatic heterocycles. The molecular weight excluding hydrogens is 134 g/mol. The normalized spacial score (nSPS) is 14.5. The smallest absolute Gasteiger partial charge is 0.0361 e. The maximum absolute atomic E-state index is 4.22. The fourth-order valence-electron chi connectivity index (χ4n) is 0.891. The van der Waals surface area contributed by atoms with E-state index in [4.69, 9.17) is 0 Å². The summed E-state index contributed by atoms with van der Waals surface area (Å²) in [5.74, 6) is 0. The SMILES string of the molecule is C/C=C(\C=NCC)C(C)(C)C. The molecule has 64 valence electrons. The fourth-order valence-corrected chi connectivity index (χ4v) is 0.891. The highest BCUT2D eigenvalue weighted by atomic mass is 14.7. The summed E-state index contributed by atoms with van der Waals surface area (Å²) < 4.78 is 0. The van der Waals surface area contributed by atoms with Gasteiger partial charge in [0.15, 0.2) is 0 Å². The van der Waals surface area contributed by atoms with Gasteiger partial charge in [0.25, 0.3) is 0 Å². The molecule has 0 rings (SSSR count). The summed E-state index contributed by atoms with van der Waals surface area (Å²) in [6.45, 7) is 11.6. The lowest BCUT2D eigenvalue weighted by molar-refractivity contribution is 0.525. The second-order valence-corrected chi connectivity index (χ2v) is 3.62. The highest BCUT2D eigenvalue weighted by Crippen LogP contribution is 2.22. The molecule has 0 fully saturated rings. The monoisotopic (exact) mass is 153 g/mol. The number of allylic oxidation sites excluding steroid dienone is 2. The van der Waals surface area contributed by atoms with Crippen molar-refractivity contribution in [2.45, 2.75) is 34.6 Å². The molecule has 0 radical (unpaired) electrons. The molecule has 0 aromatic carbocycles. The molecule has 0 unspecified atom stereocenters. The Hall–Kier alpha value is -0.590. The van der Waals surface area contributed by atoms with E-state index in [1.807, 2.05) is 13.1 Å². The van der Waals surface area contributed by atoms with E-state index < -0.39 is 0 Å². The van der Waals surface area contributed by atoms with E-state index in [2.05, 4.69) is 38.8 Å². The molecule has 0 amide bonds. The number of aliphatic imine (C=N–C) groups is 1.